The zero-order valence-corrected chi connectivity index (χ0v) is 8.51. The summed E-state index contributed by atoms with van der Waals surface area (Å²) in [5, 5.41) is 14.1. The Hall–Kier alpha value is -1.98. The molecule has 2 aromatic heterocycles. The quantitative estimate of drug-likeness (QED) is 0.779. The minimum Gasteiger partial charge on any atom is -0.310 e. The maximum absolute atomic E-state index is 10.8. The minimum absolute atomic E-state index is 0.227. The summed E-state index contributed by atoms with van der Waals surface area (Å²) in [4.78, 5) is 10.8. The zero-order valence-electron chi connectivity index (χ0n) is 8.51. The van der Waals surface area contributed by atoms with E-state index in [9.17, 15) is 4.79 Å². The van der Waals surface area contributed by atoms with Crippen LogP contribution in [-0.4, -0.2) is 25.0 Å². The number of nitrogens with zero attached hydrogens (tertiary/aromatic N) is 4. The molecule has 1 N–H and O–H groups in total. The lowest BCUT2D eigenvalue weighted by molar-refractivity contribution is 0.602. The van der Waals surface area contributed by atoms with E-state index in [1.165, 1.54) is 6.07 Å². The van der Waals surface area contributed by atoms with E-state index >= 15 is 0 Å². The van der Waals surface area contributed by atoms with E-state index in [0.29, 0.717) is 11.5 Å². The minimum atomic E-state index is -0.227. The number of aromatic nitrogens is 5. The van der Waals surface area contributed by atoms with Gasteiger partial charge >= 0.3 is 0 Å². The molecule has 0 unspecified atom stereocenters. The molecule has 0 atom stereocenters. The molecule has 0 aromatic carbocycles. The summed E-state index contributed by atoms with van der Waals surface area (Å²) >= 11 is 0. The van der Waals surface area contributed by atoms with Gasteiger partial charge in [-0.15, -0.1) is 10.2 Å². The molecule has 2 heterocycles. The second-order valence-corrected chi connectivity index (χ2v) is 3.46. The largest absolute Gasteiger partial charge is 0.310 e. The Morgan fingerprint density at radius 1 is 1.40 bits per heavy atom. The molecule has 0 aliphatic rings. The average molecular weight is 205 g/mol. The molecule has 0 bridgehead atoms. The van der Waals surface area contributed by atoms with Gasteiger partial charge < -0.3 is 4.57 Å². The van der Waals surface area contributed by atoms with Crippen LogP contribution < -0.4 is 5.56 Å². The number of H-pyrrole nitrogens is 1. The number of nitrogens with one attached hydrogen (secondary N) is 1. The molecular formula is C9H11N5O. The van der Waals surface area contributed by atoms with Crippen molar-refractivity contribution < 1.29 is 0 Å². The number of aromatic amines is 1. The summed E-state index contributed by atoms with van der Waals surface area (Å²) in [6.07, 6.45) is 1.65. The first kappa shape index (κ1) is 9.57. The highest BCUT2D eigenvalue weighted by Gasteiger charge is 2.10. The van der Waals surface area contributed by atoms with Crippen molar-refractivity contribution in [2.75, 3.05) is 0 Å². The lowest BCUT2D eigenvalue weighted by Gasteiger charge is -2.08. The van der Waals surface area contributed by atoms with Crippen molar-refractivity contribution in [1.82, 2.24) is 25.0 Å². The molecule has 6 heteroatoms. The molecule has 0 spiro atoms. The van der Waals surface area contributed by atoms with Crippen molar-refractivity contribution >= 4 is 0 Å². The van der Waals surface area contributed by atoms with Gasteiger partial charge in [0.05, 0.1) is 0 Å². The fourth-order valence-corrected chi connectivity index (χ4v) is 1.27. The third kappa shape index (κ3) is 1.78. The fourth-order valence-electron chi connectivity index (χ4n) is 1.27. The summed E-state index contributed by atoms with van der Waals surface area (Å²) in [5.41, 5.74) is 0.384. The molecule has 0 radical (unpaired) electrons. The Morgan fingerprint density at radius 2 is 2.20 bits per heavy atom. The van der Waals surface area contributed by atoms with Crippen LogP contribution in [0.3, 0.4) is 0 Å². The predicted octanol–water partition coefficient (Wildman–Crippen LogP) is 0.609. The van der Waals surface area contributed by atoms with Gasteiger partial charge in [0.25, 0.3) is 5.56 Å². The Morgan fingerprint density at radius 3 is 2.80 bits per heavy atom. The molecule has 2 aromatic rings. The SMILES string of the molecule is CC(C)n1cnnc1-c1ccc(=O)[nH]n1. The van der Waals surface area contributed by atoms with Gasteiger partial charge in [-0.2, -0.15) is 5.10 Å². The van der Waals surface area contributed by atoms with Gasteiger partial charge in [0.1, 0.15) is 12.0 Å². The number of hydrogen-bond acceptors (Lipinski definition) is 4. The van der Waals surface area contributed by atoms with Gasteiger partial charge in [0.15, 0.2) is 5.82 Å². The maximum Gasteiger partial charge on any atom is 0.264 e. The molecule has 0 aliphatic carbocycles. The lowest BCUT2D eigenvalue weighted by atomic mass is 10.3. The normalized spacial score (nSPS) is 10.9. The summed E-state index contributed by atoms with van der Waals surface area (Å²) in [5.74, 6) is 0.654. The third-order valence-corrected chi connectivity index (χ3v) is 2.04. The highest BCUT2D eigenvalue weighted by atomic mass is 16.1. The van der Waals surface area contributed by atoms with Gasteiger partial charge in [-0.3, -0.25) is 4.79 Å². The first-order valence-corrected chi connectivity index (χ1v) is 4.64. The first-order valence-electron chi connectivity index (χ1n) is 4.64. The topological polar surface area (TPSA) is 76.5 Å². The molecule has 0 saturated heterocycles. The summed E-state index contributed by atoms with van der Waals surface area (Å²) in [6.45, 7) is 4.05. The van der Waals surface area contributed by atoms with Gasteiger partial charge in [-0.1, -0.05) is 0 Å². The average Bonchev–Trinajstić information content (AvgIpc) is 2.67. The Kier molecular flexibility index (Phi) is 2.32. The predicted molar refractivity (Wildman–Crippen MR) is 54.3 cm³/mol. The fraction of sp³-hybridized carbons (Fsp3) is 0.333. The summed E-state index contributed by atoms with van der Waals surface area (Å²) in [7, 11) is 0. The molecule has 0 aliphatic heterocycles. The molecule has 0 amide bonds. The standard InChI is InChI=1S/C9H11N5O/c1-6(2)14-5-10-13-9(14)7-3-4-8(15)12-11-7/h3-6H,1-2H3,(H,12,15). The second-order valence-electron chi connectivity index (χ2n) is 3.46. The summed E-state index contributed by atoms with van der Waals surface area (Å²) in [6, 6.07) is 3.30. The van der Waals surface area contributed by atoms with Crippen LogP contribution in [0.1, 0.15) is 19.9 Å². The smallest absolute Gasteiger partial charge is 0.264 e. The molecule has 78 valence electrons. The van der Waals surface area contributed by atoms with E-state index in [4.69, 9.17) is 0 Å². The molecule has 15 heavy (non-hydrogen) atoms. The van der Waals surface area contributed by atoms with E-state index in [1.807, 2.05) is 18.4 Å². The lowest BCUT2D eigenvalue weighted by Crippen LogP contribution is -2.08. The van der Waals surface area contributed by atoms with E-state index < -0.39 is 0 Å². The van der Waals surface area contributed by atoms with E-state index in [0.717, 1.165) is 0 Å². The van der Waals surface area contributed by atoms with Gasteiger partial charge in [0.2, 0.25) is 0 Å². The third-order valence-electron chi connectivity index (χ3n) is 2.04. The van der Waals surface area contributed by atoms with Crippen LogP contribution >= 0.6 is 0 Å². The monoisotopic (exact) mass is 205 g/mol. The van der Waals surface area contributed by atoms with Crippen LogP contribution in [-0.2, 0) is 0 Å². The zero-order chi connectivity index (χ0) is 10.8. The number of hydrogen-bond donors (Lipinski definition) is 1. The first-order chi connectivity index (χ1) is 7.18. The molecule has 0 saturated carbocycles. The van der Waals surface area contributed by atoms with Crippen LogP contribution in [0.25, 0.3) is 11.5 Å². The van der Waals surface area contributed by atoms with Crippen LogP contribution in [0.2, 0.25) is 0 Å². The van der Waals surface area contributed by atoms with E-state index in [2.05, 4.69) is 20.4 Å². The van der Waals surface area contributed by atoms with E-state index in [-0.39, 0.29) is 11.6 Å². The van der Waals surface area contributed by atoms with Gasteiger partial charge in [0, 0.05) is 12.1 Å². The molecule has 0 fully saturated rings. The Balaban J connectivity index is 2.49. The Bertz CT molecular complexity index is 493. The van der Waals surface area contributed by atoms with Crippen LogP contribution in [0.5, 0.6) is 0 Å². The molecule has 6 nitrogen and oxygen atoms in total. The van der Waals surface area contributed by atoms with Gasteiger partial charge in [-0.05, 0) is 19.9 Å². The van der Waals surface area contributed by atoms with Crippen LogP contribution in [0.15, 0.2) is 23.3 Å². The highest BCUT2D eigenvalue weighted by Crippen LogP contribution is 2.15. The molecule has 2 rings (SSSR count). The van der Waals surface area contributed by atoms with Crippen molar-refractivity contribution in [3.8, 4) is 11.5 Å². The van der Waals surface area contributed by atoms with Crippen molar-refractivity contribution in [2.24, 2.45) is 0 Å². The van der Waals surface area contributed by atoms with Crippen LogP contribution in [0, 0.1) is 0 Å². The Labute approximate surface area is 86.0 Å². The van der Waals surface area contributed by atoms with Crippen molar-refractivity contribution in [2.45, 2.75) is 19.9 Å². The van der Waals surface area contributed by atoms with Crippen molar-refractivity contribution in [3.63, 3.8) is 0 Å². The maximum atomic E-state index is 10.8. The number of rotatable bonds is 2. The summed E-state index contributed by atoms with van der Waals surface area (Å²) < 4.78 is 1.89. The van der Waals surface area contributed by atoms with E-state index in [1.54, 1.807) is 12.4 Å². The highest BCUT2D eigenvalue weighted by molar-refractivity contribution is 5.47. The molecular weight excluding hydrogens is 194 g/mol. The van der Waals surface area contributed by atoms with Crippen molar-refractivity contribution in [3.05, 3.63) is 28.8 Å². The van der Waals surface area contributed by atoms with Gasteiger partial charge in [-0.25, -0.2) is 5.10 Å². The van der Waals surface area contributed by atoms with Crippen molar-refractivity contribution in [1.29, 1.82) is 0 Å². The second kappa shape index (κ2) is 3.64. The van der Waals surface area contributed by atoms with Crippen LogP contribution in [0.4, 0.5) is 0 Å².